The number of carbonyl (C=O) groups is 1. The van der Waals surface area contributed by atoms with Crippen molar-refractivity contribution >= 4 is 12.0 Å². The van der Waals surface area contributed by atoms with Crippen LogP contribution < -0.4 is 4.90 Å². The van der Waals surface area contributed by atoms with Gasteiger partial charge in [0.05, 0.1) is 24.0 Å². The first-order valence-electron chi connectivity index (χ1n) is 6.24. The van der Waals surface area contributed by atoms with Crippen LogP contribution in [-0.4, -0.2) is 42.8 Å². The molecule has 0 spiro atoms. The van der Waals surface area contributed by atoms with Crippen LogP contribution in [0.2, 0.25) is 0 Å². The average Bonchev–Trinajstić information content (AvgIpc) is 2.36. The van der Waals surface area contributed by atoms with E-state index in [-0.39, 0.29) is 18.4 Å². The number of ether oxygens (including phenoxy) is 1. The molecule has 5 heteroatoms. The highest BCUT2D eigenvalue weighted by atomic mass is 19.1. The third kappa shape index (κ3) is 2.93. The SMILES string of the molecule is CC1(C)CN(c2c(F)cccc2C=O)CC(CO)O1. The van der Waals surface area contributed by atoms with E-state index in [1.54, 1.807) is 11.0 Å². The number of para-hydroxylation sites is 1. The Kier molecular flexibility index (Phi) is 3.87. The number of anilines is 1. The van der Waals surface area contributed by atoms with Crippen molar-refractivity contribution in [2.75, 3.05) is 24.6 Å². The van der Waals surface area contributed by atoms with Crippen molar-refractivity contribution in [3.05, 3.63) is 29.6 Å². The smallest absolute Gasteiger partial charge is 0.152 e. The fourth-order valence-corrected chi connectivity index (χ4v) is 2.52. The van der Waals surface area contributed by atoms with Gasteiger partial charge in [-0.25, -0.2) is 4.39 Å². The number of aldehydes is 1. The fraction of sp³-hybridized carbons (Fsp3) is 0.500. The van der Waals surface area contributed by atoms with Gasteiger partial charge in [-0.1, -0.05) is 6.07 Å². The molecule has 1 aromatic rings. The highest BCUT2D eigenvalue weighted by Crippen LogP contribution is 2.30. The second-order valence-electron chi connectivity index (χ2n) is 5.36. The van der Waals surface area contributed by atoms with Gasteiger partial charge in [0.2, 0.25) is 0 Å². The summed E-state index contributed by atoms with van der Waals surface area (Å²) >= 11 is 0. The van der Waals surface area contributed by atoms with Crippen LogP contribution in [0.5, 0.6) is 0 Å². The zero-order valence-electron chi connectivity index (χ0n) is 11.1. The topological polar surface area (TPSA) is 49.8 Å². The van der Waals surface area contributed by atoms with Crippen LogP contribution in [0, 0.1) is 5.82 Å². The van der Waals surface area contributed by atoms with E-state index in [2.05, 4.69) is 0 Å². The molecule has 1 atom stereocenters. The van der Waals surface area contributed by atoms with Crippen LogP contribution in [0.15, 0.2) is 18.2 Å². The molecule has 0 radical (unpaired) electrons. The van der Waals surface area contributed by atoms with Crippen molar-refractivity contribution in [1.82, 2.24) is 0 Å². The van der Waals surface area contributed by atoms with Gasteiger partial charge in [-0.3, -0.25) is 4.79 Å². The minimum atomic E-state index is -0.506. The number of aliphatic hydroxyl groups is 1. The highest BCUT2D eigenvalue weighted by Gasteiger charge is 2.34. The predicted molar refractivity (Wildman–Crippen MR) is 70.0 cm³/mol. The zero-order valence-corrected chi connectivity index (χ0v) is 11.1. The Morgan fingerprint density at radius 1 is 1.58 bits per heavy atom. The summed E-state index contributed by atoms with van der Waals surface area (Å²) in [4.78, 5) is 12.8. The molecular formula is C14H18FNO3. The molecule has 1 heterocycles. The molecule has 1 N–H and O–H groups in total. The summed E-state index contributed by atoms with van der Waals surface area (Å²) in [6.07, 6.45) is 0.261. The van der Waals surface area contributed by atoms with E-state index in [4.69, 9.17) is 4.74 Å². The molecule has 1 unspecified atom stereocenters. The lowest BCUT2D eigenvalue weighted by Crippen LogP contribution is -2.54. The van der Waals surface area contributed by atoms with Crippen molar-refractivity contribution in [1.29, 1.82) is 0 Å². The van der Waals surface area contributed by atoms with Gasteiger partial charge >= 0.3 is 0 Å². The fourth-order valence-electron chi connectivity index (χ4n) is 2.52. The molecule has 1 fully saturated rings. The first kappa shape index (κ1) is 14.0. The minimum Gasteiger partial charge on any atom is -0.394 e. The van der Waals surface area contributed by atoms with Gasteiger partial charge < -0.3 is 14.7 Å². The molecule has 1 aromatic carbocycles. The molecule has 0 aliphatic carbocycles. The molecule has 1 aliphatic heterocycles. The Bertz CT molecular complexity index is 476. The number of aliphatic hydroxyl groups excluding tert-OH is 1. The van der Waals surface area contributed by atoms with Crippen LogP contribution in [-0.2, 0) is 4.74 Å². The Morgan fingerprint density at radius 2 is 2.32 bits per heavy atom. The van der Waals surface area contributed by atoms with Crippen LogP contribution in [0.1, 0.15) is 24.2 Å². The Morgan fingerprint density at radius 3 is 2.95 bits per heavy atom. The summed E-state index contributed by atoms with van der Waals surface area (Å²) in [7, 11) is 0. The molecule has 1 aliphatic rings. The maximum atomic E-state index is 14.0. The lowest BCUT2D eigenvalue weighted by Gasteiger charge is -2.43. The van der Waals surface area contributed by atoms with Gasteiger partial charge in [-0.05, 0) is 26.0 Å². The van der Waals surface area contributed by atoms with Crippen LogP contribution in [0.25, 0.3) is 0 Å². The van der Waals surface area contributed by atoms with Gasteiger partial charge in [0.1, 0.15) is 5.82 Å². The maximum absolute atomic E-state index is 14.0. The molecule has 0 aromatic heterocycles. The van der Waals surface area contributed by atoms with E-state index in [0.717, 1.165) is 0 Å². The summed E-state index contributed by atoms with van der Waals surface area (Å²) in [6, 6.07) is 4.43. The van der Waals surface area contributed by atoms with Crippen molar-refractivity contribution in [3.63, 3.8) is 0 Å². The molecule has 1 saturated heterocycles. The second kappa shape index (κ2) is 5.27. The summed E-state index contributed by atoms with van der Waals surface area (Å²) in [5.41, 5.74) is 0.0929. The van der Waals surface area contributed by atoms with Crippen molar-refractivity contribution in [3.8, 4) is 0 Å². The molecule has 0 bridgehead atoms. The van der Waals surface area contributed by atoms with E-state index >= 15 is 0 Å². The number of morpholine rings is 1. The molecule has 4 nitrogen and oxygen atoms in total. The first-order valence-corrected chi connectivity index (χ1v) is 6.24. The molecule has 104 valence electrons. The summed E-state index contributed by atoms with van der Waals surface area (Å²) in [5, 5.41) is 9.27. The van der Waals surface area contributed by atoms with Gasteiger partial charge in [0, 0.05) is 18.7 Å². The molecule has 0 amide bonds. The summed E-state index contributed by atoms with van der Waals surface area (Å²) in [6.45, 7) is 4.45. The van der Waals surface area contributed by atoms with Gasteiger partial charge in [-0.2, -0.15) is 0 Å². The normalized spacial score (nSPS) is 22.3. The number of halogens is 1. The third-order valence-electron chi connectivity index (χ3n) is 3.15. The van der Waals surface area contributed by atoms with Crippen molar-refractivity contribution in [2.24, 2.45) is 0 Å². The molecular weight excluding hydrogens is 249 g/mol. The van der Waals surface area contributed by atoms with Crippen molar-refractivity contribution in [2.45, 2.75) is 25.6 Å². The standard InChI is InChI=1S/C14H18FNO3/c1-14(2)9-16(6-11(8-18)19-14)13-10(7-17)4-3-5-12(13)15/h3-5,7,11,18H,6,8-9H2,1-2H3. The molecule has 2 rings (SSSR count). The third-order valence-corrected chi connectivity index (χ3v) is 3.15. The zero-order chi connectivity index (χ0) is 14.0. The van der Waals surface area contributed by atoms with Crippen LogP contribution in [0.4, 0.5) is 10.1 Å². The van der Waals surface area contributed by atoms with E-state index in [1.165, 1.54) is 12.1 Å². The average molecular weight is 267 g/mol. The van der Waals surface area contributed by atoms with E-state index in [0.29, 0.717) is 24.9 Å². The Balaban J connectivity index is 2.38. The largest absolute Gasteiger partial charge is 0.394 e. The lowest BCUT2D eigenvalue weighted by molar-refractivity contribution is -0.101. The van der Waals surface area contributed by atoms with Crippen molar-refractivity contribution < 1.29 is 19.0 Å². The van der Waals surface area contributed by atoms with E-state index in [1.807, 2.05) is 13.8 Å². The van der Waals surface area contributed by atoms with E-state index < -0.39 is 11.4 Å². The Labute approximate surface area is 111 Å². The number of rotatable bonds is 3. The van der Waals surface area contributed by atoms with Crippen LogP contribution >= 0.6 is 0 Å². The summed E-state index contributed by atoms with van der Waals surface area (Å²) in [5.74, 6) is -0.431. The Hall–Kier alpha value is -1.46. The van der Waals surface area contributed by atoms with Gasteiger partial charge in [0.25, 0.3) is 0 Å². The molecule has 0 saturated carbocycles. The quantitative estimate of drug-likeness (QED) is 0.845. The maximum Gasteiger partial charge on any atom is 0.152 e. The molecule has 19 heavy (non-hydrogen) atoms. The van der Waals surface area contributed by atoms with Gasteiger partial charge in [-0.15, -0.1) is 0 Å². The number of hydrogen-bond donors (Lipinski definition) is 1. The first-order chi connectivity index (χ1) is 8.96. The second-order valence-corrected chi connectivity index (χ2v) is 5.36. The predicted octanol–water partition coefficient (Wildman–Crippen LogP) is 1.61. The number of nitrogens with zero attached hydrogens (tertiary/aromatic N) is 1. The van der Waals surface area contributed by atoms with Gasteiger partial charge in [0.15, 0.2) is 6.29 Å². The lowest BCUT2D eigenvalue weighted by atomic mass is 10.0. The summed E-state index contributed by atoms with van der Waals surface area (Å²) < 4.78 is 19.7. The number of benzene rings is 1. The van der Waals surface area contributed by atoms with E-state index in [9.17, 15) is 14.3 Å². The monoisotopic (exact) mass is 267 g/mol. The van der Waals surface area contributed by atoms with Crippen LogP contribution in [0.3, 0.4) is 0 Å². The highest BCUT2D eigenvalue weighted by molar-refractivity contribution is 5.85. The number of hydrogen-bond acceptors (Lipinski definition) is 4. The number of carbonyl (C=O) groups excluding carboxylic acids is 1. The minimum absolute atomic E-state index is 0.134.